The lowest BCUT2D eigenvalue weighted by molar-refractivity contribution is 0.102. The second kappa shape index (κ2) is 8.88. The summed E-state index contributed by atoms with van der Waals surface area (Å²) < 4.78 is 0. The zero-order valence-electron chi connectivity index (χ0n) is 18.0. The number of anilines is 3. The van der Waals surface area contributed by atoms with Gasteiger partial charge in [-0.05, 0) is 65.7 Å². The van der Waals surface area contributed by atoms with Crippen molar-refractivity contribution in [3.63, 3.8) is 0 Å². The first-order chi connectivity index (χ1) is 16.2. The van der Waals surface area contributed by atoms with E-state index in [-0.39, 0.29) is 5.91 Å². The Morgan fingerprint density at radius 1 is 0.758 bits per heavy atom. The molecule has 0 spiro atoms. The summed E-state index contributed by atoms with van der Waals surface area (Å²) in [6.45, 7) is 1.99. The monoisotopic (exact) mass is 431 g/mol. The minimum atomic E-state index is -0.163. The molecule has 0 radical (unpaired) electrons. The van der Waals surface area contributed by atoms with Crippen LogP contribution in [0.15, 0.2) is 97.3 Å². The number of nitrogens with zero attached hydrogens (tertiary/aromatic N) is 3. The van der Waals surface area contributed by atoms with Gasteiger partial charge in [0.25, 0.3) is 5.91 Å². The summed E-state index contributed by atoms with van der Waals surface area (Å²) in [6.07, 6.45) is 3.43. The highest BCUT2D eigenvalue weighted by molar-refractivity contribution is 6.06. The first-order valence-electron chi connectivity index (χ1n) is 10.6. The molecule has 1 amide bonds. The number of rotatable bonds is 5. The standard InChI is InChI=1S/C27H21N5O/c1-18-9-12-22(30-26(33)21-11-10-19-6-2-3-7-20(19)16-21)17-25(18)32-27-29-15-13-24(31-27)23-8-4-5-14-28-23/h2-17H,1H3,(H,30,33)(H,29,31,32). The van der Waals surface area contributed by atoms with Gasteiger partial charge in [-0.25, -0.2) is 9.97 Å². The van der Waals surface area contributed by atoms with Crippen LogP contribution in [-0.2, 0) is 0 Å². The molecule has 0 unspecified atom stereocenters. The van der Waals surface area contributed by atoms with Gasteiger partial charge >= 0.3 is 0 Å². The highest BCUT2D eigenvalue weighted by Gasteiger charge is 2.10. The van der Waals surface area contributed by atoms with Gasteiger partial charge in [-0.1, -0.05) is 42.5 Å². The number of nitrogens with one attached hydrogen (secondary N) is 2. The maximum Gasteiger partial charge on any atom is 0.255 e. The van der Waals surface area contributed by atoms with E-state index in [4.69, 9.17) is 0 Å². The second-order valence-electron chi connectivity index (χ2n) is 7.65. The molecule has 5 aromatic rings. The van der Waals surface area contributed by atoms with Gasteiger partial charge in [0.15, 0.2) is 0 Å². The van der Waals surface area contributed by atoms with Crippen LogP contribution in [-0.4, -0.2) is 20.9 Å². The molecule has 3 aromatic carbocycles. The third kappa shape index (κ3) is 4.55. The Labute approximate surface area is 191 Å². The number of hydrogen-bond donors (Lipinski definition) is 2. The summed E-state index contributed by atoms with van der Waals surface area (Å²) in [5, 5.41) is 8.37. The zero-order chi connectivity index (χ0) is 22.6. The van der Waals surface area contributed by atoms with Crippen molar-refractivity contribution in [1.82, 2.24) is 15.0 Å². The molecular weight excluding hydrogens is 410 g/mol. The van der Waals surface area contributed by atoms with Gasteiger partial charge in [-0.2, -0.15) is 0 Å². The predicted octanol–water partition coefficient (Wildman–Crippen LogP) is 6.00. The summed E-state index contributed by atoms with van der Waals surface area (Å²) in [4.78, 5) is 26.1. The fraction of sp³-hybridized carbons (Fsp3) is 0.0370. The average Bonchev–Trinajstić information content (AvgIpc) is 2.86. The Morgan fingerprint density at radius 2 is 1.61 bits per heavy atom. The van der Waals surface area contributed by atoms with Crippen molar-refractivity contribution in [3.05, 3.63) is 108 Å². The van der Waals surface area contributed by atoms with E-state index < -0.39 is 0 Å². The molecule has 6 nitrogen and oxygen atoms in total. The molecule has 0 aliphatic carbocycles. The summed E-state index contributed by atoms with van der Waals surface area (Å²) >= 11 is 0. The number of hydrogen-bond acceptors (Lipinski definition) is 5. The predicted molar refractivity (Wildman–Crippen MR) is 132 cm³/mol. The summed E-state index contributed by atoms with van der Waals surface area (Å²) in [5.74, 6) is 0.295. The molecule has 0 atom stereocenters. The Kier molecular flexibility index (Phi) is 5.47. The quantitative estimate of drug-likeness (QED) is 0.357. The Morgan fingerprint density at radius 3 is 2.45 bits per heavy atom. The number of carbonyl (C=O) groups excluding carboxylic acids is 1. The topological polar surface area (TPSA) is 79.8 Å². The molecule has 6 heteroatoms. The van der Waals surface area contributed by atoms with Crippen LogP contribution < -0.4 is 10.6 Å². The molecule has 33 heavy (non-hydrogen) atoms. The molecule has 2 heterocycles. The van der Waals surface area contributed by atoms with Gasteiger partial charge in [0, 0.05) is 29.3 Å². The van der Waals surface area contributed by atoms with Gasteiger partial charge in [-0.15, -0.1) is 0 Å². The fourth-order valence-corrected chi connectivity index (χ4v) is 3.56. The van der Waals surface area contributed by atoms with Crippen LogP contribution in [0.1, 0.15) is 15.9 Å². The molecular formula is C27H21N5O. The van der Waals surface area contributed by atoms with Gasteiger partial charge in [0.2, 0.25) is 5.95 Å². The van der Waals surface area contributed by atoms with Crippen LogP contribution >= 0.6 is 0 Å². The van der Waals surface area contributed by atoms with Crippen molar-refractivity contribution in [2.45, 2.75) is 6.92 Å². The molecule has 0 saturated heterocycles. The molecule has 160 valence electrons. The van der Waals surface area contributed by atoms with E-state index in [1.165, 1.54) is 0 Å². The maximum absolute atomic E-state index is 12.9. The van der Waals surface area contributed by atoms with E-state index >= 15 is 0 Å². The number of aryl methyl sites for hydroxylation is 1. The average molecular weight is 431 g/mol. The Balaban J connectivity index is 1.36. The molecule has 2 N–H and O–H groups in total. The van der Waals surface area contributed by atoms with Crippen LogP contribution in [0.4, 0.5) is 17.3 Å². The molecule has 0 aliphatic rings. The lowest BCUT2D eigenvalue weighted by atomic mass is 10.1. The van der Waals surface area contributed by atoms with Crippen LogP contribution in [0.2, 0.25) is 0 Å². The van der Waals surface area contributed by atoms with E-state index in [0.29, 0.717) is 17.2 Å². The first kappa shape index (κ1) is 20.3. The maximum atomic E-state index is 12.9. The molecule has 5 rings (SSSR count). The number of fused-ring (bicyclic) bond motifs is 1. The van der Waals surface area contributed by atoms with Crippen molar-refractivity contribution in [2.24, 2.45) is 0 Å². The molecule has 2 aromatic heterocycles. The van der Waals surface area contributed by atoms with Gasteiger partial charge < -0.3 is 10.6 Å². The minimum Gasteiger partial charge on any atom is -0.324 e. The highest BCUT2D eigenvalue weighted by Crippen LogP contribution is 2.25. The van der Waals surface area contributed by atoms with Gasteiger partial charge in [0.1, 0.15) is 0 Å². The lowest BCUT2D eigenvalue weighted by Crippen LogP contribution is -2.12. The fourth-order valence-electron chi connectivity index (χ4n) is 3.56. The van der Waals surface area contributed by atoms with Crippen molar-refractivity contribution in [3.8, 4) is 11.4 Å². The molecule has 0 aliphatic heterocycles. The van der Waals surface area contributed by atoms with Crippen LogP contribution in [0.5, 0.6) is 0 Å². The Hall–Kier alpha value is -4.58. The SMILES string of the molecule is Cc1ccc(NC(=O)c2ccc3ccccc3c2)cc1Nc1nccc(-c2ccccn2)n1. The van der Waals surface area contributed by atoms with Crippen LogP contribution in [0, 0.1) is 6.92 Å². The van der Waals surface area contributed by atoms with Gasteiger partial charge in [-0.3, -0.25) is 9.78 Å². The van der Waals surface area contributed by atoms with Crippen molar-refractivity contribution < 1.29 is 4.79 Å². The summed E-state index contributed by atoms with van der Waals surface area (Å²) in [6, 6.07) is 26.9. The van der Waals surface area contributed by atoms with E-state index in [2.05, 4.69) is 25.6 Å². The molecule has 0 bridgehead atoms. The summed E-state index contributed by atoms with van der Waals surface area (Å²) in [5.41, 5.74) is 4.61. The number of pyridine rings is 1. The van der Waals surface area contributed by atoms with Crippen molar-refractivity contribution >= 4 is 34.0 Å². The number of amides is 1. The van der Waals surface area contributed by atoms with Crippen LogP contribution in [0.3, 0.4) is 0 Å². The number of aromatic nitrogens is 3. The molecule has 0 saturated carbocycles. The van der Waals surface area contributed by atoms with E-state index in [1.54, 1.807) is 12.4 Å². The normalized spacial score (nSPS) is 10.7. The number of carbonyl (C=O) groups is 1. The third-order valence-electron chi connectivity index (χ3n) is 5.34. The van der Waals surface area contributed by atoms with Crippen molar-refractivity contribution in [2.75, 3.05) is 10.6 Å². The van der Waals surface area contributed by atoms with E-state index in [0.717, 1.165) is 33.4 Å². The van der Waals surface area contributed by atoms with E-state index in [9.17, 15) is 4.79 Å². The smallest absolute Gasteiger partial charge is 0.255 e. The van der Waals surface area contributed by atoms with E-state index in [1.807, 2.05) is 91.9 Å². The zero-order valence-corrected chi connectivity index (χ0v) is 18.0. The first-order valence-corrected chi connectivity index (χ1v) is 10.6. The highest BCUT2D eigenvalue weighted by atomic mass is 16.1. The summed E-state index contributed by atoms with van der Waals surface area (Å²) in [7, 11) is 0. The largest absolute Gasteiger partial charge is 0.324 e. The lowest BCUT2D eigenvalue weighted by Gasteiger charge is -2.12. The third-order valence-corrected chi connectivity index (χ3v) is 5.34. The van der Waals surface area contributed by atoms with Crippen LogP contribution in [0.25, 0.3) is 22.2 Å². The Bertz CT molecular complexity index is 1450. The second-order valence-corrected chi connectivity index (χ2v) is 7.65. The van der Waals surface area contributed by atoms with Gasteiger partial charge in [0.05, 0.1) is 11.4 Å². The minimum absolute atomic E-state index is 0.163. The van der Waals surface area contributed by atoms with Crippen molar-refractivity contribution in [1.29, 1.82) is 0 Å². The molecule has 0 fully saturated rings. The number of benzene rings is 3.